The topological polar surface area (TPSA) is 29.9 Å². The van der Waals surface area contributed by atoms with Gasteiger partial charge in [0.05, 0.1) is 12.2 Å². The van der Waals surface area contributed by atoms with E-state index in [0.29, 0.717) is 17.8 Å². The highest BCUT2D eigenvalue weighted by molar-refractivity contribution is 5.58. The predicted molar refractivity (Wildman–Crippen MR) is 59.3 cm³/mol. The molecule has 0 bridgehead atoms. The third-order valence-electron chi connectivity index (χ3n) is 2.83. The predicted octanol–water partition coefficient (Wildman–Crippen LogP) is 1.93. The van der Waals surface area contributed by atoms with Crippen LogP contribution in [0, 0.1) is 11.6 Å². The number of aromatic nitrogens is 2. The quantitative estimate of drug-likeness (QED) is 0.818. The average molecular weight is 235 g/mol. The van der Waals surface area contributed by atoms with Gasteiger partial charge in [0.1, 0.15) is 17.5 Å². The number of hydrogen-bond acceptors (Lipinski definition) is 2. The lowest BCUT2D eigenvalue weighted by Crippen LogP contribution is -2.27. The molecule has 0 saturated carbocycles. The van der Waals surface area contributed by atoms with Crippen LogP contribution in [0.2, 0.25) is 0 Å². The van der Waals surface area contributed by atoms with E-state index in [-0.39, 0.29) is 0 Å². The minimum atomic E-state index is -0.580. The van der Waals surface area contributed by atoms with E-state index >= 15 is 0 Å². The van der Waals surface area contributed by atoms with Crippen LogP contribution in [0.4, 0.5) is 8.78 Å². The third-order valence-corrected chi connectivity index (χ3v) is 2.83. The molecule has 0 amide bonds. The zero-order valence-corrected chi connectivity index (χ0v) is 9.08. The van der Waals surface area contributed by atoms with Crippen LogP contribution < -0.4 is 5.32 Å². The summed E-state index contributed by atoms with van der Waals surface area (Å²) in [6.07, 6.45) is 1.84. The van der Waals surface area contributed by atoms with Gasteiger partial charge in [0, 0.05) is 30.9 Å². The summed E-state index contributed by atoms with van der Waals surface area (Å²) in [6, 6.07) is 3.46. The minimum Gasteiger partial charge on any atom is -0.332 e. The number of rotatable bonds is 1. The number of imidazole rings is 1. The first-order valence-electron chi connectivity index (χ1n) is 5.45. The Kier molecular flexibility index (Phi) is 2.40. The van der Waals surface area contributed by atoms with Gasteiger partial charge in [-0.3, -0.25) is 0 Å². The van der Waals surface area contributed by atoms with Crippen LogP contribution in [0.1, 0.15) is 5.82 Å². The SMILES string of the molecule is Fc1cc(F)cc(-c2cn3c(n2)CNCC3)c1. The van der Waals surface area contributed by atoms with Crippen molar-refractivity contribution in [3.05, 3.63) is 41.9 Å². The first kappa shape index (κ1) is 10.4. The van der Waals surface area contributed by atoms with Crippen molar-refractivity contribution in [3.63, 3.8) is 0 Å². The van der Waals surface area contributed by atoms with Gasteiger partial charge in [-0.25, -0.2) is 13.8 Å². The maximum Gasteiger partial charge on any atom is 0.126 e. The van der Waals surface area contributed by atoms with Crippen LogP contribution in [0.25, 0.3) is 11.3 Å². The van der Waals surface area contributed by atoms with E-state index in [0.717, 1.165) is 25.0 Å². The van der Waals surface area contributed by atoms with Crippen molar-refractivity contribution in [2.24, 2.45) is 0 Å². The Morgan fingerprint density at radius 3 is 2.65 bits per heavy atom. The van der Waals surface area contributed by atoms with Gasteiger partial charge in [-0.15, -0.1) is 0 Å². The first-order chi connectivity index (χ1) is 8.22. The molecule has 1 N–H and O–H groups in total. The molecule has 2 heterocycles. The molecule has 1 aliphatic rings. The van der Waals surface area contributed by atoms with E-state index in [1.165, 1.54) is 12.1 Å². The summed E-state index contributed by atoms with van der Waals surface area (Å²) >= 11 is 0. The molecule has 5 heteroatoms. The summed E-state index contributed by atoms with van der Waals surface area (Å²) in [4.78, 5) is 4.37. The standard InChI is InChI=1S/C12H11F2N3/c13-9-3-8(4-10(14)5-9)11-7-17-2-1-15-6-12(17)16-11/h3-5,7,15H,1-2,6H2. The fourth-order valence-corrected chi connectivity index (χ4v) is 2.03. The number of nitrogens with one attached hydrogen (secondary N) is 1. The molecule has 0 unspecified atom stereocenters. The molecule has 2 aromatic rings. The Morgan fingerprint density at radius 2 is 1.94 bits per heavy atom. The second kappa shape index (κ2) is 3.92. The van der Waals surface area contributed by atoms with Gasteiger partial charge in [0.25, 0.3) is 0 Å². The van der Waals surface area contributed by atoms with Crippen LogP contribution in [0.3, 0.4) is 0 Å². The van der Waals surface area contributed by atoms with Crippen molar-refractivity contribution in [3.8, 4) is 11.3 Å². The molecule has 17 heavy (non-hydrogen) atoms. The van der Waals surface area contributed by atoms with Gasteiger partial charge in [0.2, 0.25) is 0 Å². The summed E-state index contributed by atoms with van der Waals surface area (Å²) in [5, 5.41) is 3.20. The summed E-state index contributed by atoms with van der Waals surface area (Å²) < 4.78 is 28.2. The van der Waals surface area contributed by atoms with Gasteiger partial charge < -0.3 is 9.88 Å². The highest BCUT2D eigenvalue weighted by atomic mass is 19.1. The molecule has 1 aromatic carbocycles. The lowest BCUT2D eigenvalue weighted by molar-refractivity contribution is 0.505. The van der Waals surface area contributed by atoms with Gasteiger partial charge >= 0.3 is 0 Å². The largest absolute Gasteiger partial charge is 0.332 e. The van der Waals surface area contributed by atoms with Crippen LogP contribution in [0.15, 0.2) is 24.4 Å². The first-order valence-corrected chi connectivity index (χ1v) is 5.45. The zero-order valence-electron chi connectivity index (χ0n) is 9.08. The van der Waals surface area contributed by atoms with Crippen molar-refractivity contribution < 1.29 is 8.78 Å². The monoisotopic (exact) mass is 235 g/mol. The Labute approximate surface area is 97.1 Å². The lowest BCUT2D eigenvalue weighted by Gasteiger charge is -2.13. The van der Waals surface area contributed by atoms with Crippen LogP contribution >= 0.6 is 0 Å². The fraction of sp³-hybridized carbons (Fsp3) is 0.250. The second-order valence-electron chi connectivity index (χ2n) is 4.07. The Balaban J connectivity index is 2.05. The van der Waals surface area contributed by atoms with E-state index in [1.54, 1.807) is 0 Å². The Bertz CT molecular complexity index is 519. The highest BCUT2D eigenvalue weighted by Crippen LogP contribution is 2.21. The van der Waals surface area contributed by atoms with Crippen molar-refractivity contribution in [2.75, 3.05) is 6.54 Å². The molecule has 0 atom stereocenters. The molecule has 1 aromatic heterocycles. The van der Waals surface area contributed by atoms with Gasteiger partial charge in [-0.1, -0.05) is 0 Å². The van der Waals surface area contributed by atoms with Crippen molar-refractivity contribution in [1.82, 2.24) is 14.9 Å². The van der Waals surface area contributed by atoms with E-state index in [4.69, 9.17) is 0 Å². The number of nitrogens with zero attached hydrogens (tertiary/aromatic N) is 2. The van der Waals surface area contributed by atoms with E-state index in [9.17, 15) is 8.78 Å². The van der Waals surface area contributed by atoms with Gasteiger partial charge in [-0.2, -0.15) is 0 Å². The highest BCUT2D eigenvalue weighted by Gasteiger charge is 2.13. The normalized spacial score (nSPS) is 14.7. The maximum atomic E-state index is 13.1. The summed E-state index contributed by atoms with van der Waals surface area (Å²) in [5.41, 5.74) is 1.09. The van der Waals surface area contributed by atoms with Crippen LogP contribution in [-0.2, 0) is 13.1 Å². The molecule has 88 valence electrons. The van der Waals surface area contributed by atoms with E-state index in [1.807, 2.05) is 10.8 Å². The van der Waals surface area contributed by atoms with Crippen molar-refractivity contribution in [1.29, 1.82) is 0 Å². The fourth-order valence-electron chi connectivity index (χ4n) is 2.03. The number of fused-ring (bicyclic) bond motifs is 1. The third kappa shape index (κ3) is 1.93. The molecular weight excluding hydrogens is 224 g/mol. The number of hydrogen-bond donors (Lipinski definition) is 1. The molecule has 0 spiro atoms. The molecule has 0 aliphatic carbocycles. The number of halogens is 2. The molecular formula is C12H11F2N3. The summed E-state index contributed by atoms with van der Waals surface area (Å²) in [7, 11) is 0. The van der Waals surface area contributed by atoms with E-state index < -0.39 is 11.6 Å². The Morgan fingerprint density at radius 1 is 1.18 bits per heavy atom. The molecule has 0 radical (unpaired) electrons. The molecule has 0 saturated heterocycles. The second-order valence-corrected chi connectivity index (χ2v) is 4.07. The van der Waals surface area contributed by atoms with Gasteiger partial charge in [0.15, 0.2) is 0 Å². The maximum absolute atomic E-state index is 13.1. The van der Waals surface area contributed by atoms with Crippen molar-refractivity contribution >= 4 is 0 Å². The van der Waals surface area contributed by atoms with Gasteiger partial charge in [-0.05, 0) is 12.1 Å². The molecule has 1 aliphatic heterocycles. The molecule has 3 rings (SSSR count). The summed E-state index contributed by atoms with van der Waals surface area (Å²) in [5.74, 6) is -0.260. The van der Waals surface area contributed by atoms with Crippen LogP contribution in [-0.4, -0.2) is 16.1 Å². The summed E-state index contributed by atoms with van der Waals surface area (Å²) in [6.45, 7) is 2.41. The Hall–Kier alpha value is -1.75. The zero-order chi connectivity index (χ0) is 11.8. The molecule has 3 nitrogen and oxygen atoms in total. The van der Waals surface area contributed by atoms with E-state index in [2.05, 4.69) is 10.3 Å². The smallest absolute Gasteiger partial charge is 0.126 e. The van der Waals surface area contributed by atoms with Crippen LogP contribution in [0.5, 0.6) is 0 Å². The lowest BCUT2D eigenvalue weighted by atomic mass is 10.1. The van der Waals surface area contributed by atoms with Crippen molar-refractivity contribution in [2.45, 2.75) is 13.1 Å². The number of benzene rings is 1. The minimum absolute atomic E-state index is 0.476. The molecule has 0 fully saturated rings. The average Bonchev–Trinajstić information content (AvgIpc) is 2.71.